The average molecular weight is 344 g/mol. The molecule has 3 heterocycles. The van der Waals surface area contributed by atoms with E-state index in [-0.39, 0.29) is 5.41 Å². The fraction of sp³-hybridized carbons (Fsp3) is 0.611. The van der Waals surface area contributed by atoms with Crippen molar-refractivity contribution in [1.82, 2.24) is 15.2 Å². The number of hydrogen-bond donors (Lipinski definition) is 0. The molecule has 5 nitrogen and oxygen atoms in total. The van der Waals surface area contributed by atoms with Crippen LogP contribution in [-0.4, -0.2) is 41.4 Å². The highest BCUT2D eigenvalue weighted by Crippen LogP contribution is 2.34. The number of fused-ring (bicyclic) bond motifs is 1. The Bertz CT molecular complexity index is 703. The summed E-state index contributed by atoms with van der Waals surface area (Å²) in [5.41, 5.74) is 2.42. The Balaban J connectivity index is 1.38. The van der Waals surface area contributed by atoms with Crippen LogP contribution in [0.25, 0.3) is 0 Å². The van der Waals surface area contributed by atoms with Crippen molar-refractivity contribution in [2.75, 3.05) is 29.9 Å². The summed E-state index contributed by atoms with van der Waals surface area (Å²) in [5.74, 6) is 0.981. The van der Waals surface area contributed by atoms with E-state index < -0.39 is 0 Å². The summed E-state index contributed by atoms with van der Waals surface area (Å²) in [4.78, 5) is 11.0. The molecule has 0 saturated carbocycles. The van der Waals surface area contributed by atoms with Crippen LogP contribution in [0, 0.1) is 0 Å². The monoisotopic (exact) mass is 343 g/mol. The lowest BCUT2D eigenvalue weighted by Crippen LogP contribution is -2.59. The van der Waals surface area contributed by atoms with Crippen LogP contribution >= 0.6 is 11.3 Å². The fourth-order valence-corrected chi connectivity index (χ4v) is 4.45. The van der Waals surface area contributed by atoms with Gasteiger partial charge in [-0.15, -0.1) is 16.4 Å². The molecule has 1 aliphatic carbocycles. The molecule has 6 heteroatoms. The molecule has 0 unspecified atom stereocenters. The van der Waals surface area contributed by atoms with Gasteiger partial charge >= 0.3 is 0 Å². The Morgan fingerprint density at radius 3 is 2.58 bits per heavy atom. The Morgan fingerprint density at radius 2 is 1.96 bits per heavy atom. The van der Waals surface area contributed by atoms with Gasteiger partial charge in [0, 0.05) is 30.4 Å². The van der Waals surface area contributed by atoms with Crippen molar-refractivity contribution in [2.45, 2.75) is 51.5 Å². The van der Waals surface area contributed by atoms with E-state index >= 15 is 0 Å². The first-order chi connectivity index (χ1) is 11.4. The second kappa shape index (κ2) is 5.69. The summed E-state index contributed by atoms with van der Waals surface area (Å²) in [6.45, 7) is 8.47. The lowest BCUT2D eigenvalue weighted by atomic mass is 9.92. The zero-order valence-electron chi connectivity index (χ0n) is 14.9. The molecule has 0 aromatic carbocycles. The number of aryl methyl sites for hydroxylation is 2. The summed E-state index contributed by atoms with van der Waals surface area (Å²) in [7, 11) is 2.17. The Kier molecular flexibility index (Phi) is 3.75. The second-order valence-corrected chi connectivity index (χ2v) is 8.98. The highest BCUT2D eigenvalue weighted by atomic mass is 32.1. The fourth-order valence-electron chi connectivity index (χ4n) is 3.27. The molecule has 1 aliphatic heterocycles. The maximum absolute atomic E-state index is 4.83. The van der Waals surface area contributed by atoms with Gasteiger partial charge in [0.15, 0.2) is 10.9 Å². The molecule has 2 aromatic heterocycles. The lowest BCUT2D eigenvalue weighted by molar-refractivity contribution is 0.487. The van der Waals surface area contributed by atoms with Crippen LogP contribution in [-0.2, 0) is 18.3 Å². The highest BCUT2D eigenvalue weighted by Gasteiger charge is 2.33. The maximum Gasteiger partial charge on any atom is 0.185 e. The predicted molar refractivity (Wildman–Crippen MR) is 99.3 cm³/mol. The molecule has 0 bridgehead atoms. The van der Waals surface area contributed by atoms with Gasteiger partial charge in [0.2, 0.25) is 0 Å². The second-order valence-electron chi connectivity index (χ2n) is 7.92. The Morgan fingerprint density at radius 1 is 1.17 bits per heavy atom. The van der Waals surface area contributed by atoms with Gasteiger partial charge in [-0.05, 0) is 31.4 Å². The van der Waals surface area contributed by atoms with Gasteiger partial charge < -0.3 is 9.80 Å². The molecule has 1 fully saturated rings. The minimum absolute atomic E-state index is 0.0501. The topological polar surface area (TPSA) is 45.2 Å². The third-order valence-electron chi connectivity index (χ3n) is 5.04. The smallest absolute Gasteiger partial charge is 0.185 e. The Hall–Kier alpha value is -1.69. The van der Waals surface area contributed by atoms with Crippen molar-refractivity contribution in [3.05, 3.63) is 28.4 Å². The third-order valence-corrected chi connectivity index (χ3v) is 6.29. The number of hydrogen-bond acceptors (Lipinski definition) is 6. The molecular formula is C18H25N5S. The summed E-state index contributed by atoms with van der Waals surface area (Å²) in [6.07, 6.45) is 3.65. The molecular weight excluding hydrogens is 318 g/mol. The van der Waals surface area contributed by atoms with Crippen molar-refractivity contribution < 1.29 is 0 Å². The molecule has 2 aromatic rings. The molecule has 0 atom stereocenters. The van der Waals surface area contributed by atoms with E-state index in [9.17, 15) is 0 Å². The lowest BCUT2D eigenvalue weighted by Gasteiger charge is -2.44. The first-order valence-corrected chi connectivity index (χ1v) is 9.54. The summed E-state index contributed by atoms with van der Waals surface area (Å²) in [6, 6.07) is 4.72. The number of nitrogens with zero attached hydrogens (tertiary/aromatic N) is 5. The molecule has 4 rings (SSSR count). The van der Waals surface area contributed by atoms with E-state index in [4.69, 9.17) is 4.98 Å². The third kappa shape index (κ3) is 2.77. The predicted octanol–water partition coefficient (Wildman–Crippen LogP) is 3.04. The number of aromatic nitrogens is 3. The first kappa shape index (κ1) is 15.8. The molecule has 0 amide bonds. The van der Waals surface area contributed by atoms with Gasteiger partial charge in [0.25, 0.3) is 0 Å². The normalized spacial score (nSPS) is 17.8. The van der Waals surface area contributed by atoms with Crippen molar-refractivity contribution in [2.24, 2.45) is 0 Å². The van der Waals surface area contributed by atoms with Crippen LogP contribution in [0.5, 0.6) is 0 Å². The van der Waals surface area contributed by atoms with Gasteiger partial charge in [-0.1, -0.05) is 20.8 Å². The van der Waals surface area contributed by atoms with Crippen LogP contribution in [0.2, 0.25) is 0 Å². The van der Waals surface area contributed by atoms with Crippen LogP contribution in [0.4, 0.5) is 10.9 Å². The van der Waals surface area contributed by atoms with Gasteiger partial charge in [0.05, 0.1) is 17.4 Å². The SMILES string of the molecule is CN(c1nc2c(s1)CCC2)C1CN(c2ccc(C(C)(C)C)nn2)C1. The van der Waals surface area contributed by atoms with E-state index in [0.717, 1.165) is 31.0 Å². The van der Waals surface area contributed by atoms with Crippen molar-refractivity contribution in [3.63, 3.8) is 0 Å². The quantitative estimate of drug-likeness (QED) is 0.857. The molecule has 1 saturated heterocycles. The van der Waals surface area contributed by atoms with Crippen molar-refractivity contribution in [3.8, 4) is 0 Å². The van der Waals surface area contributed by atoms with E-state index in [2.05, 4.69) is 59.9 Å². The minimum atomic E-state index is 0.0501. The number of thiazole rings is 1. The van der Waals surface area contributed by atoms with Crippen molar-refractivity contribution >= 4 is 22.3 Å². The van der Waals surface area contributed by atoms with Gasteiger partial charge in [-0.2, -0.15) is 5.10 Å². The molecule has 0 radical (unpaired) electrons. The maximum atomic E-state index is 4.83. The standard InChI is InChI=1S/C18H25N5S/c1-18(2,3)15-8-9-16(21-20-15)23-10-12(11-23)22(4)17-19-13-6-5-7-14(13)24-17/h8-9,12H,5-7,10-11H2,1-4H3. The minimum Gasteiger partial charge on any atom is -0.351 e. The molecule has 0 N–H and O–H groups in total. The summed E-state index contributed by atoms with van der Waals surface area (Å²) in [5, 5.41) is 10.00. The van der Waals surface area contributed by atoms with Gasteiger partial charge in [-0.25, -0.2) is 4.98 Å². The van der Waals surface area contributed by atoms with E-state index in [0.29, 0.717) is 6.04 Å². The Labute approximate surface area is 147 Å². The largest absolute Gasteiger partial charge is 0.351 e. The zero-order valence-corrected chi connectivity index (χ0v) is 15.7. The van der Waals surface area contributed by atoms with Crippen molar-refractivity contribution in [1.29, 1.82) is 0 Å². The number of likely N-dealkylation sites (N-methyl/N-ethyl adjacent to an activating group) is 1. The van der Waals surface area contributed by atoms with Crippen LogP contribution < -0.4 is 9.80 Å². The average Bonchev–Trinajstić information content (AvgIpc) is 3.06. The van der Waals surface area contributed by atoms with Crippen LogP contribution in [0.15, 0.2) is 12.1 Å². The van der Waals surface area contributed by atoms with Crippen LogP contribution in [0.3, 0.4) is 0 Å². The highest BCUT2D eigenvalue weighted by molar-refractivity contribution is 7.15. The molecule has 24 heavy (non-hydrogen) atoms. The van der Waals surface area contributed by atoms with Gasteiger partial charge in [0.1, 0.15) is 0 Å². The number of rotatable bonds is 3. The van der Waals surface area contributed by atoms with Gasteiger partial charge in [-0.3, -0.25) is 0 Å². The zero-order chi connectivity index (χ0) is 16.9. The molecule has 0 spiro atoms. The number of anilines is 2. The first-order valence-electron chi connectivity index (χ1n) is 8.72. The van der Waals surface area contributed by atoms with Crippen LogP contribution in [0.1, 0.15) is 43.5 Å². The molecule has 2 aliphatic rings. The summed E-state index contributed by atoms with van der Waals surface area (Å²) >= 11 is 1.88. The summed E-state index contributed by atoms with van der Waals surface area (Å²) < 4.78 is 0. The van der Waals surface area contributed by atoms with E-state index in [1.54, 1.807) is 0 Å². The van der Waals surface area contributed by atoms with E-state index in [1.165, 1.54) is 28.5 Å². The van der Waals surface area contributed by atoms with E-state index in [1.807, 2.05) is 11.3 Å². The molecule has 128 valence electrons.